The predicted octanol–water partition coefficient (Wildman–Crippen LogP) is 3.37. The number of carbonyl (C=O) groups is 1. The Hall–Kier alpha value is -2.37. The first-order valence-electron chi connectivity index (χ1n) is 5.78. The Morgan fingerprint density at radius 3 is 2.60 bits per heavy atom. The van der Waals surface area contributed by atoms with Crippen LogP contribution in [0.4, 0.5) is 19.0 Å². The molecule has 1 aromatic heterocycles. The fraction of sp³-hybridized carbons (Fsp3) is 0.143. The normalized spacial score (nSPS) is 11.2. The van der Waals surface area contributed by atoms with Crippen molar-refractivity contribution in [1.29, 1.82) is 0 Å². The number of alkyl halides is 3. The number of rotatable bonds is 3. The molecule has 0 atom stereocenters. The van der Waals surface area contributed by atoms with Gasteiger partial charge in [-0.2, -0.15) is 13.2 Å². The number of hydrogen-bond acceptors (Lipinski definition) is 3. The summed E-state index contributed by atoms with van der Waals surface area (Å²) in [5.74, 6) is -0.177. The maximum Gasteiger partial charge on any atom is 0.416 e. The van der Waals surface area contributed by atoms with Crippen LogP contribution >= 0.6 is 0 Å². The average Bonchev–Trinajstić information content (AvgIpc) is 2.45. The Morgan fingerprint density at radius 2 is 1.95 bits per heavy atom. The van der Waals surface area contributed by atoms with Crippen LogP contribution in [0.25, 0.3) is 0 Å². The van der Waals surface area contributed by atoms with Crippen LogP contribution in [0, 0.1) is 0 Å². The first-order chi connectivity index (χ1) is 9.43. The lowest BCUT2D eigenvalue weighted by Crippen LogP contribution is -2.10. The fourth-order valence-corrected chi connectivity index (χ4v) is 1.78. The van der Waals surface area contributed by atoms with Gasteiger partial charge in [0.2, 0.25) is 0 Å². The standard InChI is InChI=1S/C14H11F3N2O/c1-18-13-11(6-3-7-19-13)12(20)9-4-2-5-10(8-9)14(15,16)17/h2-8H,1H3,(H,18,19). The molecule has 0 spiro atoms. The molecule has 0 saturated carbocycles. The zero-order valence-corrected chi connectivity index (χ0v) is 10.5. The van der Waals surface area contributed by atoms with E-state index in [1.54, 1.807) is 13.1 Å². The summed E-state index contributed by atoms with van der Waals surface area (Å²) in [5.41, 5.74) is -0.642. The highest BCUT2D eigenvalue weighted by molar-refractivity contribution is 6.11. The van der Waals surface area contributed by atoms with Gasteiger partial charge < -0.3 is 5.32 Å². The highest BCUT2D eigenvalue weighted by Gasteiger charge is 2.31. The molecular weight excluding hydrogens is 269 g/mol. The third kappa shape index (κ3) is 2.79. The maximum absolute atomic E-state index is 12.6. The molecule has 0 radical (unpaired) electrons. The van der Waals surface area contributed by atoms with Gasteiger partial charge in [0.25, 0.3) is 0 Å². The molecule has 6 heteroatoms. The molecule has 1 aromatic carbocycles. The van der Waals surface area contributed by atoms with E-state index >= 15 is 0 Å². The Labute approximate surface area is 113 Å². The molecule has 1 heterocycles. The van der Waals surface area contributed by atoms with Crippen LogP contribution in [0.15, 0.2) is 42.6 Å². The minimum atomic E-state index is -4.48. The molecule has 2 aromatic rings. The van der Waals surface area contributed by atoms with Crippen molar-refractivity contribution in [2.45, 2.75) is 6.18 Å². The summed E-state index contributed by atoms with van der Waals surface area (Å²) in [6.07, 6.45) is -2.98. The third-order valence-corrected chi connectivity index (χ3v) is 2.74. The van der Waals surface area contributed by atoms with Crippen LogP contribution in [0.5, 0.6) is 0 Å². The van der Waals surface area contributed by atoms with Crippen LogP contribution < -0.4 is 5.32 Å². The molecule has 0 aliphatic carbocycles. The average molecular weight is 280 g/mol. The van der Waals surface area contributed by atoms with Gasteiger partial charge >= 0.3 is 6.18 Å². The molecule has 0 fully saturated rings. The number of halogens is 3. The summed E-state index contributed by atoms with van der Waals surface area (Å²) < 4.78 is 37.9. The van der Waals surface area contributed by atoms with Crippen LogP contribution in [0.3, 0.4) is 0 Å². The number of ketones is 1. The van der Waals surface area contributed by atoms with E-state index in [0.29, 0.717) is 5.82 Å². The minimum Gasteiger partial charge on any atom is -0.373 e. The van der Waals surface area contributed by atoms with Crippen molar-refractivity contribution in [2.75, 3.05) is 12.4 Å². The molecule has 104 valence electrons. The SMILES string of the molecule is CNc1ncccc1C(=O)c1cccc(C(F)(F)F)c1. The van der Waals surface area contributed by atoms with E-state index < -0.39 is 17.5 Å². The summed E-state index contributed by atoms with van der Waals surface area (Å²) in [4.78, 5) is 16.2. The fourth-order valence-electron chi connectivity index (χ4n) is 1.78. The van der Waals surface area contributed by atoms with Crippen molar-refractivity contribution in [1.82, 2.24) is 4.98 Å². The van der Waals surface area contributed by atoms with Crippen LogP contribution in [-0.2, 0) is 6.18 Å². The van der Waals surface area contributed by atoms with Gasteiger partial charge in [-0.25, -0.2) is 4.98 Å². The largest absolute Gasteiger partial charge is 0.416 e. The topological polar surface area (TPSA) is 42.0 Å². The van der Waals surface area contributed by atoms with E-state index in [1.165, 1.54) is 24.4 Å². The lowest BCUT2D eigenvalue weighted by Gasteiger charge is -2.10. The first-order valence-corrected chi connectivity index (χ1v) is 5.78. The number of nitrogens with one attached hydrogen (secondary N) is 1. The first kappa shape index (κ1) is 14.0. The number of hydrogen-bond donors (Lipinski definition) is 1. The summed E-state index contributed by atoms with van der Waals surface area (Å²) in [6.45, 7) is 0. The van der Waals surface area contributed by atoms with E-state index in [9.17, 15) is 18.0 Å². The molecule has 0 saturated heterocycles. The Morgan fingerprint density at radius 1 is 1.20 bits per heavy atom. The van der Waals surface area contributed by atoms with Crippen molar-refractivity contribution < 1.29 is 18.0 Å². The van der Waals surface area contributed by atoms with Crippen LogP contribution in [0.2, 0.25) is 0 Å². The Bertz CT molecular complexity index is 638. The van der Waals surface area contributed by atoms with Crippen molar-refractivity contribution >= 4 is 11.6 Å². The molecule has 3 nitrogen and oxygen atoms in total. The van der Waals surface area contributed by atoms with E-state index in [2.05, 4.69) is 10.3 Å². The Kier molecular flexibility index (Phi) is 3.74. The zero-order chi connectivity index (χ0) is 14.8. The molecule has 2 rings (SSSR count). The van der Waals surface area contributed by atoms with E-state index in [4.69, 9.17) is 0 Å². The molecular formula is C14H11F3N2O. The smallest absolute Gasteiger partial charge is 0.373 e. The van der Waals surface area contributed by atoms with Crippen LogP contribution in [-0.4, -0.2) is 17.8 Å². The van der Waals surface area contributed by atoms with Gasteiger partial charge in [0, 0.05) is 18.8 Å². The number of carbonyl (C=O) groups excluding carboxylic acids is 1. The van der Waals surface area contributed by atoms with E-state index in [0.717, 1.165) is 12.1 Å². The van der Waals surface area contributed by atoms with Gasteiger partial charge in [-0.15, -0.1) is 0 Å². The van der Waals surface area contributed by atoms with Gasteiger partial charge in [-0.3, -0.25) is 4.79 Å². The van der Waals surface area contributed by atoms with Crippen LogP contribution in [0.1, 0.15) is 21.5 Å². The highest BCUT2D eigenvalue weighted by Crippen LogP contribution is 2.30. The van der Waals surface area contributed by atoms with Gasteiger partial charge in [0.1, 0.15) is 5.82 Å². The number of aromatic nitrogens is 1. The number of nitrogens with zero attached hydrogens (tertiary/aromatic N) is 1. The quantitative estimate of drug-likeness (QED) is 0.876. The number of pyridine rings is 1. The maximum atomic E-state index is 12.6. The molecule has 0 unspecified atom stereocenters. The number of anilines is 1. The van der Waals surface area contributed by atoms with E-state index in [-0.39, 0.29) is 11.1 Å². The molecule has 0 aliphatic rings. The van der Waals surface area contributed by atoms with Crippen molar-refractivity contribution in [3.63, 3.8) is 0 Å². The van der Waals surface area contributed by atoms with Gasteiger partial charge in [-0.05, 0) is 24.3 Å². The summed E-state index contributed by atoms with van der Waals surface area (Å²) >= 11 is 0. The molecule has 20 heavy (non-hydrogen) atoms. The Balaban J connectivity index is 2.44. The summed E-state index contributed by atoms with van der Waals surface area (Å²) in [6, 6.07) is 7.41. The van der Waals surface area contributed by atoms with Crippen molar-refractivity contribution in [3.8, 4) is 0 Å². The third-order valence-electron chi connectivity index (χ3n) is 2.74. The highest BCUT2D eigenvalue weighted by atomic mass is 19.4. The lowest BCUT2D eigenvalue weighted by atomic mass is 10.0. The molecule has 0 bridgehead atoms. The summed E-state index contributed by atoms with van der Waals surface area (Å²) in [7, 11) is 1.59. The summed E-state index contributed by atoms with van der Waals surface area (Å²) in [5, 5.41) is 2.74. The second-order valence-electron chi connectivity index (χ2n) is 4.06. The molecule has 0 aliphatic heterocycles. The van der Waals surface area contributed by atoms with Crippen molar-refractivity contribution in [2.24, 2.45) is 0 Å². The molecule has 0 amide bonds. The zero-order valence-electron chi connectivity index (χ0n) is 10.5. The predicted molar refractivity (Wildman–Crippen MR) is 68.7 cm³/mol. The second kappa shape index (κ2) is 5.32. The van der Waals surface area contributed by atoms with Crippen molar-refractivity contribution in [3.05, 3.63) is 59.3 Å². The van der Waals surface area contributed by atoms with E-state index in [1.807, 2.05) is 0 Å². The minimum absolute atomic E-state index is 0.0238. The number of benzene rings is 1. The van der Waals surface area contributed by atoms with Gasteiger partial charge in [0.15, 0.2) is 5.78 Å². The van der Waals surface area contributed by atoms with Gasteiger partial charge in [0.05, 0.1) is 11.1 Å². The monoisotopic (exact) mass is 280 g/mol. The molecule has 1 N–H and O–H groups in total. The lowest BCUT2D eigenvalue weighted by molar-refractivity contribution is -0.137. The second-order valence-corrected chi connectivity index (χ2v) is 4.06. The van der Waals surface area contributed by atoms with Gasteiger partial charge in [-0.1, -0.05) is 12.1 Å².